The fourth-order valence-corrected chi connectivity index (χ4v) is 1.89. The molecule has 0 bridgehead atoms. The van der Waals surface area contributed by atoms with E-state index in [0.29, 0.717) is 19.5 Å². The number of pyridine rings is 1. The van der Waals surface area contributed by atoms with Crippen molar-refractivity contribution in [3.05, 3.63) is 30.1 Å². The first kappa shape index (κ1) is 11.6. The Morgan fingerprint density at radius 3 is 3.06 bits per heavy atom. The third-order valence-corrected chi connectivity index (χ3v) is 2.82. The maximum atomic E-state index is 12.1. The summed E-state index contributed by atoms with van der Waals surface area (Å²) in [4.78, 5) is 17.6. The summed E-state index contributed by atoms with van der Waals surface area (Å²) in [5, 5.41) is 12.1. The van der Waals surface area contributed by atoms with Crippen molar-refractivity contribution in [3.63, 3.8) is 0 Å². The number of carbonyl (C=O) groups is 1. The van der Waals surface area contributed by atoms with Crippen molar-refractivity contribution >= 4 is 5.91 Å². The van der Waals surface area contributed by atoms with Crippen LogP contribution in [0.5, 0.6) is 0 Å². The third-order valence-electron chi connectivity index (χ3n) is 2.82. The van der Waals surface area contributed by atoms with Crippen LogP contribution in [-0.4, -0.2) is 41.5 Å². The Balaban J connectivity index is 2.02. The lowest BCUT2D eigenvalue weighted by Gasteiger charge is -2.32. The average Bonchev–Trinajstić information content (AvgIpc) is 2.40. The maximum absolute atomic E-state index is 12.1. The van der Waals surface area contributed by atoms with Crippen LogP contribution in [0.4, 0.5) is 0 Å². The van der Waals surface area contributed by atoms with Crippen LogP contribution in [0.2, 0.25) is 0 Å². The highest BCUT2D eigenvalue weighted by atomic mass is 16.2. The number of nitrogens with one attached hydrogen (secondary N) is 1. The van der Waals surface area contributed by atoms with Crippen molar-refractivity contribution in [1.29, 1.82) is 5.26 Å². The summed E-state index contributed by atoms with van der Waals surface area (Å²) in [7, 11) is 0. The highest BCUT2D eigenvalue weighted by Gasteiger charge is 2.25. The molecule has 1 fully saturated rings. The lowest BCUT2D eigenvalue weighted by atomic mass is 10.1. The van der Waals surface area contributed by atoms with E-state index in [4.69, 9.17) is 5.26 Å². The third kappa shape index (κ3) is 2.80. The SMILES string of the molecule is N#CC1CNCCN1C(=O)Cc1ccncc1. The molecule has 1 amide bonds. The largest absolute Gasteiger partial charge is 0.324 e. The standard InChI is InChI=1S/C12H14N4O/c13-8-11-9-15-5-6-16(11)12(17)7-10-1-3-14-4-2-10/h1-4,11,15H,5-7,9H2. The van der Waals surface area contributed by atoms with Crippen LogP contribution in [-0.2, 0) is 11.2 Å². The van der Waals surface area contributed by atoms with Gasteiger partial charge < -0.3 is 10.2 Å². The molecule has 0 saturated carbocycles. The first-order valence-corrected chi connectivity index (χ1v) is 5.60. The van der Waals surface area contributed by atoms with E-state index in [1.165, 1.54) is 0 Å². The zero-order chi connectivity index (χ0) is 12.1. The Kier molecular flexibility index (Phi) is 3.68. The quantitative estimate of drug-likeness (QED) is 0.773. The van der Waals surface area contributed by atoms with E-state index in [1.54, 1.807) is 17.3 Å². The molecule has 1 aliphatic rings. The van der Waals surface area contributed by atoms with Gasteiger partial charge in [0.1, 0.15) is 6.04 Å². The van der Waals surface area contributed by atoms with Gasteiger partial charge in [-0.3, -0.25) is 9.78 Å². The minimum absolute atomic E-state index is 0.00394. The van der Waals surface area contributed by atoms with Gasteiger partial charge in [-0.1, -0.05) is 0 Å². The van der Waals surface area contributed by atoms with Crippen molar-refractivity contribution in [2.45, 2.75) is 12.5 Å². The molecule has 0 spiro atoms. The van der Waals surface area contributed by atoms with E-state index in [0.717, 1.165) is 12.1 Å². The molecule has 0 aromatic carbocycles. The van der Waals surface area contributed by atoms with E-state index in [1.807, 2.05) is 12.1 Å². The van der Waals surface area contributed by atoms with E-state index >= 15 is 0 Å². The molecule has 0 radical (unpaired) electrons. The minimum Gasteiger partial charge on any atom is -0.324 e. The van der Waals surface area contributed by atoms with Crippen molar-refractivity contribution in [3.8, 4) is 6.07 Å². The van der Waals surface area contributed by atoms with Crippen molar-refractivity contribution in [2.24, 2.45) is 0 Å². The van der Waals surface area contributed by atoms with Crippen LogP contribution in [0.15, 0.2) is 24.5 Å². The molecule has 5 heteroatoms. The predicted octanol–water partition coefficient (Wildman–Crippen LogP) is -0.0519. The second kappa shape index (κ2) is 5.41. The number of nitriles is 1. The van der Waals surface area contributed by atoms with Crippen LogP contribution in [0.3, 0.4) is 0 Å². The van der Waals surface area contributed by atoms with Gasteiger partial charge in [0.25, 0.3) is 0 Å². The van der Waals surface area contributed by atoms with Crippen molar-refractivity contribution in [1.82, 2.24) is 15.2 Å². The average molecular weight is 230 g/mol. The molecule has 1 aromatic heterocycles. The van der Waals surface area contributed by atoms with Gasteiger partial charge in [-0.05, 0) is 17.7 Å². The second-order valence-electron chi connectivity index (χ2n) is 3.97. The molecule has 1 N–H and O–H groups in total. The Morgan fingerprint density at radius 2 is 2.35 bits per heavy atom. The van der Waals surface area contributed by atoms with Crippen LogP contribution < -0.4 is 5.32 Å². The minimum atomic E-state index is -0.349. The molecule has 5 nitrogen and oxygen atoms in total. The van der Waals surface area contributed by atoms with E-state index in [2.05, 4.69) is 16.4 Å². The second-order valence-corrected chi connectivity index (χ2v) is 3.97. The smallest absolute Gasteiger partial charge is 0.228 e. The topological polar surface area (TPSA) is 69.0 Å². The number of hydrogen-bond donors (Lipinski definition) is 1. The van der Waals surface area contributed by atoms with Crippen molar-refractivity contribution < 1.29 is 4.79 Å². The lowest BCUT2D eigenvalue weighted by Crippen LogP contribution is -2.53. The monoisotopic (exact) mass is 230 g/mol. The van der Waals surface area contributed by atoms with Gasteiger partial charge in [0.05, 0.1) is 12.5 Å². The molecule has 1 unspecified atom stereocenters. The molecule has 1 atom stereocenters. The van der Waals surface area contributed by atoms with Crippen LogP contribution in [0.25, 0.3) is 0 Å². The van der Waals surface area contributed by atoms with Crippen molar-refractivity contribution in [2.75, 3.05) is 19.6 Å². The summed E-state index contributed by atoms with van der Waals surface area (Å²) < 4.78 is 0. The normalized spacial score (nSPS) is 19.7. The molecule has 1 aliphatic heterocycles. The van der Waals surface area contributed by atoms with Gasteiger partial charge in [-0.25, -0.2) is 0 Å². The summed E-state index contributed by atoms with van der Waals surface area (Å²) in [6.07, 6.45) is 3.67. The number of aromatic nitrogens is 1. The highest BCUT2D eigenvalue weighted by molar-refractivity contribution is 5.79. The summed E-state index contributed by atoms with van der Waals surface area (Å²) in [5.74, 6) is 0.00394. The van der Waals surface area contributed by atoms with E-state index in [-0.39, 0.29) is 11.9 Å². The van der Waals surface area contributed by atoms with Crippen LogP contribution in [0.1, 0.15) is 5.56 Å². The molecule has 88 valence electrons. The Morgan fingerprint density at radius 1 is 1.59 bits per heavy atom. The zero-order valence-electron chi connectivity index (χ0n) is 9.47. The molecular weight excluding hydrogens is 216 g/mol. The molecule has 2 rings (SSSR count). The zero-order valence-corrected chi connectivity index (χ0v) is 9.47. The van der Waals surface area contributed by atoms with Gasteiger partial charge in [0.2, 0.25) is 5.91 Å². The fraction of sp³-hybridized carbons (Fsp3) is 0.417. The fourth-order valence-electron chi connectivity index (χ4n) is 1.89. The van der Waals surface area contributed by atoms with Crippen LogP contribution in [0, 0.1) is 11.3 Å². The number of piperazine rings is 1. The first-order valence-electron chi connectivity index (χ1n) is 5.60. The van der Waals surface area contributed by atoms with Gasteiger partial charge in [-0.2, -0.15) is 5.26 Å². The Hall–Kier alpha value is -1.93. The first-order chi connectivity index (χ1) is 8.31. The Labute approximate surface area is 100 Å². The number of hydrogen-bond acceptors (Lipinski definition) is 4. The number of nitrogens with zero attached hydrogens (tertiary/aromatic N) is 3. The predicted molar refractivity (Wildman–Crippen MR) is 61.9 cm³/mol. The highest BCUT2D eigenvalue weighted by Crippen LogP contribution is 2.07. The summed E-state index contributed by atoms with van der Waals surface area (Å²) in [6.45, 7) is 1.90. The van der Waals surface area contributed by atoms with Gasteiger partial charge >= 0.3 is 0 Å². The molecule has 1 saturated heterocycles. The van der Waals surface area contributed by atoms with Crippen LogP contribution >= 0.6 is 0 Å². The Bertz CT molecular complexity index is 426. The molecule has 2 heterocycles. The summed E-state index contributed by atoms with van der Waals surface area (Å²) in [6, 6.07) is 5.44. The molecule has 0 aliphatic carbocycles. The van der Waals surface area contributed by atoms with E-state index < -0.39 is 0 Å². The number of rotatable bonds is 2. The molecule has 1 aromatic rings. The summed E-state index contributed by atoms with van der Waals surface area (Å²) >= 11 is 0. The van der Waals surface area contributed by atoms with Gasteiger partial charge in [-0.15, -0.1) is 0 Å². The molecular formula is C12H14N4O. The van der Waals surface area contributed by atoms with Gasteiger partial charge in [0, 0.05) is 32.0 Å². The number of amides is 1. The van der Waals surface area contributed by atoms with Gasteiger partial charge in [0.15, 0.2) is 0 Å². The number of carbonyl (C=O) groups excluding carboxylic acids is 1. The molecule has 17 heavy (non-hydrogen) atoms. The van der Waals surface area contributed by atoms with E-state index in [9.17, 15) is 4.79 Å². The maximum Gasteiger partial charge on any atom is 0.228 e. The summed E-state index contributed by atoms with van der Waals surface area (Å²) in [5.41, 5.74) is 0.931. The lowest BCUT2D eigenvalue weighted by molar-refractivity contribution is -0.132.